The molecular weight excluding hydrogens is 440 g/mol. The van der Waals surface area contributed by atoms with Gasteiger partial charge < -0.3 is 9.13 Å². The maximum atomic E-state index is 13.3. The Labute approximate surface area is 202 Å². The maximum absolute atomic E-state index is 13.3. The molecule has 5 nitrogen and oxygen atoms in total. The van der Waals surface area contributed by atoms with E-state index in [9.17, 15) is 4.79 Å². The molecule has 168 valence electrons. The number of nitrogens with zero attached hydrogens (tertiary/aromatic N) is 4. The van der Waals surface area contributed by atoms with E-state index >= 15 is 0 Å². The van der Waals surface area contributed by atoms with E-state index in [1.165, 1.54) is 17.3 Å². The molecule has 0 aliphatic heterocycles. The number of benzene rings is 3. The van der Waals surface area contributed by atoms with Gasteiger partial charge in [-0.15, -0.1) is 0 Å². The lowest BCUT2D eigenvalue weighted by atomic mass is 10.1. The third kappa shape index (κ3) is 4.48. The fourth-order valence-electron chi connectivity index (χ4n) is 4.30. The monoisotopic (exact) mass is 464 g/mol. The first-order valence-corrected chi connectivity index (χ1v) is 12.3. The van der Waals surface area contributed by atoms with Crippen molar-refractivity contribution in [1.29, 1.82) is 5.26 Å². The second-order valence-corrected chi connectivity index (χ2v) is 9.09. The summed E-state index contributed by atoms with van der Waals surface area (Å²) >= 11 is 1.49. The van der Waals surface area contributed by atoms with Gasteiger partial charge in [0.25, 0.3) is 0 Å². The Morgan fingerprint density at radius 3 is 2.47 bits per heavy atom. The number of aryl methyl sites for hydroxylation is 3. The molecule has 0 N–H and O–H groups in total. The van der Waals surface area contributed by atoms with E-state index in [0.717, 1.165) is 40.1 Å². The zero-order valence-corrected chi connectivity index (χ0v) is 19.5. The lowest BCUT2D eigenvalue weighted by molar-refractivity contribution is 0.102. The number of fused-ring (bicyclic) bond motifs is 2. The van der Waals surface area contributed by atoms with Gasteiger partial charge in [-0.2, -0.15) is 5.26 Å². The molecule has 2 aromatic heterocycles. The minimum Gasteiger partial charge on any atom is -0.346 e. The first-order valence-electron chi connectivity index (χ1n) is 11.3. The maximum Gasteiger partial charge on any atom is 0.175 e. The number of imidazole rings is 1. The van der Waals surface area contributed by atoms with Crippen LogP contribution in [-0.4, -0.2) is 25.7 Å². The van der Waals surface area contributed by atoms with Gasteiger partial charge in [-0.1, -0.05) is 72.4 Å². The Kier molecular flexibility index (Phi) is 6.46. The molecule has 0 bridgehead atoms. The molecule has 0 aliphatic rings. The molecule has 0 fully saturated rings. The number of para-hydroxylation sites is 3. The molecule has 0 radical (unpaired) electrons. The number of hydrogen-bond acceptors (Lipinski definition) is 4. The van der Waals surface area contributed by atoms with Crippen LogP contribution in [0.1, 0.15) is 22.3 Å². The number of hydrogen-bond donors (Lipinski definition) is 0. The summed E-state index contributed by atoms with van der Waals surface area (Å²) in [6, 6.07) is 28.6. The molecule has 0 spiro atoms. The van der Waals surface area contributed by atoms with E-state index < -0.39 is 0 Å². The lowest BCUT2D eigenvalue weighted by Crippen LogP contribution is -2.06. The number of thioether (sulfide) groups is 1. The Morgan fingerprint density at radius 1 is 0.912 bits per heavy atom. The van der Waals surface area contributed by atoms with Gasteiger partial charge in [0.05, 0.1) is 29.3 Å². The van der Waals surface area contributed by atoms with Gasteiger partial charge in [-0.25, -0.2) is 4.98 Å². The highest BCUT2D eigenvalue weighted by molar-refractivity contribution is 7.99. The van der Waals surface area contributed by atoms with E-state index in [4.69, 9.17) is 10.2 Å². The van der Waals surface area contributed by atoms with Crippen LogP contribution in [0.5, 0.6) is 0 Å². The molecular formula is C28H24N4OS. The van der Waals surface area contributed by atoms with E-state index in [0.29, 0.717) is 24.3 Å². The minimum absolute atomic E-state index is 0.0681. The van der Waals surface area contributed by atoms with Crippen LogP contribution in [-0.2, 0) is 19.5 Å². The molecule has 0 amide bonds. The summed E-state index contributed by atoms with van der Waals surface area (Å²) < 4.78 is 4.22. The molecule has 6 heteroatoms. The van der Waals surface area contributed by atoms with Gasteiger partial charge in [-0.3, -0.25) is 4.79 Å². The van der Waals surface area contributed by atoms with Crippen molar-refractivity contribution in [2.45, 2.75) is 31.1 Å². The van der Waals surface area contributed by atoms with Crippen molar-refractivity contribution in [2.75, 3.05) is 5.75 Å². The molecule has 5 aromatic rings. The van der Waals surface area contributed by atoms with Gasteiger partial charge in [0, 0.05) is 35.8 Å². The van der Waals surface area contributed by atoms with Crippen molar-refractivity contribution in [3.8, 4) is 6.07 Å². The molecule has 0 saturated carbocycles. The number of carbonyl (C=O) groups excluding carboxylic acids is 1. The van der Waals surface area contributed by atoms with Crippen molar-refractivity contribution >= 4 is 39.5 Å². The molecule has 34 heavy (non-hydrogen) atoms. The van der Waals surface area contributed by atoms with Crippen LogP contribution in [0.4, 0.5) is 0 Å². The third-order valence-corrected chi connectivity index (χ3v) is 6.95. The molecule has 2 heterocycles. The highest BCUT2D eigenvalue weighted by Crippen LogP contribution is 2.28. The average molecular weight is 465 g/mol. The number of aromatic nitrogens is 3. The van der Waals surface area contributed by atoms with Gasteiger partial charge in [-0.05, 0) is 30.2 Å². The third-order valence-electron chi connectivity index (χ3n) is 5.97. The zero-order valence-electron chi connectivity index (χ0n) is 18.7. The first kappa shape index (κ1) is 22.0. The quantitative estimate of drug-likeness (QED) is 0.195. The summed E-state index contributed by atoms with van der Waals surface area (Å²) in [6.45, 7) is 1.38. The average Bonchev–Trinajstić information content (AvgIpc) is 3.43. The van der Waals surface area contributed by atoms with Crippen molar-refractivity contribution in [1.82, 2.24) is 14.1 Å². The van der Waals surface area contributed by atoms with Crippen molar-refractivity contribution in [2.24, 2.45) is 0 Å². The predicted molar refractivity (Wildman–Crippen MR) is 137 cm³/mol. The summed E-state index contributed by atoms with van der Waals surface area (Å²) in [4.78, 5) is 18.1. The fourth-order valence-corrected chi connectivity index (χ4v) is 5.22. The minimum atomic E-state index is 0.0681. The van der Waals surface area contributed by atoms with Gasteiger partial charge >= 0.3 is 0 Å². The number of carbonyl (C=O) groups is 1. The summed E-state index contributed by atoms with van der Waals surface area (Å²) in [7, 11) is 0. The highest BCUT2D eigenvalue weighted by atomic mass is 32.2. The van der Waals surface area contributed by atoms with Crippen LogP contribution in [0.2, 0.25) is 0 Å². The molecule has 0 atom stereocenters. The van der Waals surface area contributed by atoms with Crippen molar-refractivity contribution in [3.05, 3.63) is 96.2 Å². The summed E-state index contributed by atoms with van der Waals surface area (Å²) in [5.41, 5.74) is 4.99. The SMILES string of the molecule is N#CCCn1cc(C(=O)CSc2nc3ccccc3n2CCc2ccccc2)c2ccccc21. The summed E-state index contributed by atoms with van der Waals surface area (Å²) in [5, 5.41) is 10.8. The Bertz CT molecular complexity index is 1490. The van der Waals surface area contributed by atoms with Crippen LogP contribution < -0.4 is 0 Å². The molecule has 3 aromatic carbocycles. The zero-order chi connectivity index (χ0) is 23.3. The number of ketones is 1. The fraction of sp³-hybridized carbons (Fsp3) is 0.179. The van der Waals surface area contributed by atoms with E-state index in [1.54, 1.807) is 0 Å². The van der Waals surface area contributed by atoms with Crippen LogP contribution in [0.3, 0.4) is 0 Å². The van der Waals surface area contributed by atoms with Gasteiger partial charge in [0.2, 0.25) is 0 Å². The van der Waals surface area contributed by atoms with Crippen molar-refractivity contribution in [3.63, 3.8) is 0 Å². The second-order valence-electron chi connectivity index (χ2n) is 8.14. The van der Waals surface area contributed by atoms with Gasteiger partial charge in [0.15, 0.2) is 10.9 Å². The predicted octanol–water partition coefficient (Wildman–Crippen LogP) is 6.12. The highest BCUT2D eigenvalue weighted by Gasteiger charge is 2.18. The normalized spacial score (nSPS) is 11.1. The molecule has 0 saturated heterocycles. The number of Topliss-reactive ketones (excluding diaryl/α,β-unsaturated/α-hetero) is 1. The Balaban J connectivity index is 1.39. The van der Waals surface area contributed by atoms with E-state index in [1.807, 2.05) is 59.3 Å². The van der Waals surface area contributed by atoms with Crippen molar-refractivity contribution < 1.29 is 4.79 Å². The second kappa shape index (κ2) is 9.98. The summed E-state index contributed by atoms with van der Waals surface area (Å²) in [5.74, 6) is 0.375. The molecule has 0 unspecified atom stereocenters. The Morgan fingerprint density at radius 2 is 1.65 bits per heavy atom. The number of nitriles is 1. The molecule has 0 aliphatic carbocycles. The largest absolute Gasteiger partial charge is 0.346 e. The number of rotatable bonds is 9. The van der Waals surface area contributed by atoms with Gasteiger partial charge in [0.1, 0.15) is 0 Å². The van der Waals surface area contributed by atoms with E-state index in [-0.39, 0.29) is 5.78 Å². The topological polar surface area (TPSA) is 63.6 Å². The smallest absolute Gasteiger partial charge is 0.175 e. The van der Waals surface area contributed by atoms with E-state index in [2.05, 4.69) is 41.0 Å². The first-order chi connectivity index (χ1) is 16.7. The van der Waals surface area contributed by atoms with Crippen LogP contribution in [0.25, 0.3) is 21.9 Å². The lowest BCUT2D eigenvalue weighted by Gasteiger charge is -2.09. The van der Waals surface area contributed by atoms with Crippen LogP contribution in [0, 0.1) is 11.3 Å². The van der Waals surface area contributed by atoms with Crippen LogP contribution in [0.15, 0.2) is 90.2 Å². The Hall–Kier alpha value is -3.82. The standard InChI is InChI=1S/C28H24N4OS/c29-16-8-17-31-19-23(22-11-4-6-13-25(22)31)27(33)20-34-28-30-24-12-5-7-14-26(24)32(28)18-15-21-9-2-1-3-10-21/h1-7,9-14,19H,8,15,17-18,20H2. The summed E-state index contributed by atoms with van der Waals surface area (Å²) in [6.07, 6.45) is 3.20. The molecule has 5 rings (SSSR count). The van der Waals surface area contributed by atoms with Crippen LogP contribution >= 0.6 is 11.8 Å².